The van der Waals surface area contributed by atoms with Gasteiger partial charge in [-0.25, -0.2) is 4.39 Å². The molecule has 2 rings (SSSR count). The Morgan fingerprint density at radius 2 is 1.94 bits per heavy atom. The Morgan fingerprint density at radius 3 is 2.53 bits per heavy atom. The van der Waals surface area contributed by atoms with Crippen molar-refractivity contribution in [1.29, 1.82) is 0 Å². The maximum absolute atomic E-state index is 13.2. The summed E-state index contributed by atoms with van der Waals surface area (Å²) in [6, 6.07) is 2.06. The number of hydrogen-bond acceptors (Lipinski definition) is 2. The fourth-order valence-corrected chi connectivity index (χ4v) is 2.62. The summed E-state index contributed by atoms with van der Waals surface area (Å²) in [6.07, 6.45) is 4.38. The third-order valence-corrected chi connectivity index (χ3v) is 3.61. The van der Waals surface area contributed by atoms with Crippen molar-refractivity contribution in [3.63, 3.8) is 0 Å². The molecule has 2 nitrogen and oxygen atoms in total. The summed E-state index contributed by atoms with van der Waals surface area (Å²) < 4.78 is 13.2. The second kappa shape index (κ2) is 5.89. The van der Waals surface area contributed by atoms with Gasteiger partial charge in [-0.3, -0.25) is 0 Å². The predicted molar refractivity (Wildman–Crippen MR) is 69.2 cm³/mol. The Kier molecular flexibility index (Phi) is 5.04. The van der Waals surface area contributed by atoms with Crippen molar-refractivity contribution in [1.82, 2.24) is 0 Å². The van der Waals surface area contributed by atoms with Crippen LogP contribution in [0.3, 0.4) is 0 Å². The predicted octanol–water partition coefficient (Wildman–Crippen LogP) is 3.80. The van der Waals surface area contributed by atoms with Crippen LogP contribution in [0.2, 0.25) is 5.02 Å². The monoisotopic (exact) mass is 279 g/mol. The van der Waals surface area contributed by atoms with E-state index in [2.05, 4.69) is 0 Å². The molecular formula is C12H16Cl2FNO. The molecule has 0 radical (unpaired) electrons. The first-order chi connectivity index (χ1) is 7.59. The van der Waals surface area contributed by atoms with Crippen LogP contribution < -0.4 is 5.73 Å². The molecule has 1 saturated carbocycles. The topological polar surface area (TPSA) is 46.2 Å². The van der Waals surface area contributed by atoms with E-state index in [1.807, 2.05) is 0 Å². The Labute approximate surface area is 111 Å². The largest absolute Gasteiger partial charge is 0.506 e. The zero-order valence-electron chi connectivity index (χ0n) is 9.33. The highest BCUT2D eigenvalue weighted by molar-refractivity contribution is 6.32. The minimum atomic E-state index is -0.453. The van der Waals surface area contributed by atoms with Gasteiger partial charge in [0.1, 0.15) is 11.6 Å². The van der Waals surface area contributed by atoms with Gasteiger partial charge < -0.3 is 10.8 Å². The maximum Gasteiger partial charge on any atom is 0.139 e. The number of phenolic OH excluding ortho intramolecular Hbond substituents is 1. The van der Waals surface area contributed by atoms with Gasteiger partial charge in [-0.15, -0.1) is 12.4 Å². The van der Waals surface area contributed by atoms with Crippen molar-refractivity contribution in [3.8, 4) is 5.75 Å². The lowest BCUT2D eigenvalue weighted by molar-refractivity contribution is 0.410. The van der Waals surface area contributed by atoms with E-state index in [9.17, 15) is 9.50 Å². The number of rotatable bonds is 2. The summed E-state index contributed by atoms with van der Waals surface area (Å²) >= 11 is 5.72. The van der Waals surface area contributed by atoms with E-state index in [0.717, 1.165) is 31.7 Å². The number of nitrogens with two attached hydrogens (primary N) is 1. The molecule has 0 aromatic heterocycles. The minimum absolute atomic E-state index is 0. The molecule has 0 spiro atoms. The van der Waals surface area contributed by atoms with Gasteiger partial charge in [0.25, 0.3) is 0 Å². The number of hydrogen-bond donors (Lipinski definition) is 2. The van der Waals surface area contributed by atoms with Crippen molar-refractivity contribution in [2.75, 3.05) is 0 Å². The molecule has 0 heterocycles. The van der Waals surface area contributed by atoms with E-state index in [-0.39, 0.29) is 29.2 Å². The number of phenols is 1. The van der Waals surface area contributed by atoms with Gasteiger partial charge in [0, 0.05) is 11.6 Å². The highest BCUT2D eigenvalue weighted by Gasteiger charge is 2.26. The summed E-state index contributed by atoms with van der Waals surface area (Å²) in [5.74, 6) is -0.211. The van der Waals surface area contributed by atoms with Crippen LogP contribution in [0, 0.1) is 11.7 Å². The molecule has 1 aliphatic rings. The van der Waals surface area contributed by atoms with Crippen molar-refractivity contribution in [3.05, 3.63) is 28.5 Å². The Balaban J connectivity index is 0.00000144. The standard InChI is InChI=1S/C12H15ClFNO.ClH/c13-10-6-8(14)5-9(12(10)16)11(15)7-3-1-2-4-7;/h5-7,11,16H,1-4,15H2;1H/t11-;/m0./s1. The summed E-state index contributed by atoms with van der Waals surface area (Å²) in [5.41, 5.74) is 6.48. The van der Waals surface area contributed by atoms with Gasteiger partial charge in [0.05, 0.1) is 5.02 Å². The molecule has 0 aliphatic heterocycles. The molecule has 0 unspecified atom stereocenters. The highest BCUT2D eigenvalue weighted by Crippen LogP contribution is 2.39. The van der Waals surface area contributed by atoms with Gasteiger partial charge in [-0.05, 0) is 30.9 Å². The summed E-state index contributed by atoms with van der Waals surface area (Å²) in [7, 11) is 0. The molecule has 17 heavy (non-hydrogen) atoms. The van der Waals surface area contributed by atoms with E-state index >= 15 is 0 Å². The number of halogens is 3. The normalized spacial score (nSPS) is 17.8. The summed E-state index contributed by atoms with van der Waals surface area (Å²) in [5, 5.41) is 9.81. The quantitative estimate of drug-likeness (QED) is 0.865. The molecule has 5 heteroatoms. The van der Waals surface area contributed by atoms with E-state index in [1.54, 1.807) is 0 Å². The molecule has 96 valence electrons. The SMILES string of the molecule is Cl.N[C@H](c1cc(F)cc(Cl)c1O)C1CCCC1. The molecule has 1 aliphatic carbocycles. The van der Waals surface area contributed by atoms with E-state index in [1.165, 1.54) is 6.07 Å². The lowest BCUT2D eigenvalue weighted by Gasteiger charge is -2.20. The first-order valence-electron chi connectivity index (χ1n) is 5.53. The van der Waals surface area contributed by atoms with Crippen LogP contribution in [0.15, 0.2) is 12.1 Å². The van der Waals surface area contributed by atoms with Crippen LogP contribution in [0.1, 0.15) is 37.3 Å². The molecule has 1 aromatic rings. The molecule has 0 bridgehead atoms. The Bertz CT molecular complexity index is 394. The maximum atomic E-state index is 13.2. The third kappa shape index (κ3) is 3.03. The molecule has 3 N–H and O–H groups in total. The lowest BCUT2D eigenvalue weighted by Crippen LogP contribution is -2.19. The van der Waals surface area contributed by atoms with Crippen LogP contribution in [0.25, 0.3) is 0 Å². The van der Waals surface area contributed by atoms with Crippen molar-refractivity contribution in [2.45, 2.75) is 31.7 Å². The zero-order chi connectivity index (χ0) is 11.7. The molecule has 0 amide bonds. The van der Waals surface area contributed by atoms with Gasteiger partial charge in [-0.2, -0.15) is 0 Å². The fourth-order valence-electron chi connectivity index (χ4n) is 2.41. The minimum Gasteiger partial charge on any atom is -0.506 e. The van der Waals surface area contributed by atoms with Crippen LogP contribution >= 0.6 is 24.0 Å². The third-order valence-electron chi connectivity index (χ3n) is 3.32. The molecular weight excluding hydrogens is 264 g/mol. The van der Waals surface area contributed by atoms with Gasteiger partial charge in [0.2, 0.25) is 0 Å². The van der Waals surface area contributed by atoms with Gasteiger partial charge in [0.15, 0.2) is 0 Å². The molecule has 1 atom stereocenters. The summed E-state index contributed by atoms with van der Waals surface area (Å²) in [6.45, 7) is 0. The highest BCUT2D eigenvalue weighted by atomic mass is 35.5. The van der Waals surface area contributed by atoms with E-state index in [4.69, 9.17) is 17.3 Å². The van der Waals surface area contributed by atoms with E-state index in [0.29, 0.717) is 11.5 Å². The fraction of sp³-hybridized carbons (Fsp3) is 0.500. The Hall–Kier alpha value is -0.510. The van der Waals surface area contributed by atoms with Crippen molar-refractivity contribution >= 4 is 24.0 Å². The summed E-state index contributed by atoms with van der Waals surface area (Å²) in [4.78, 5) is 0. The second-order valence-corrected chi connectivity index (χ2v) is 4.80. The average molecular weight is 280 g/mol. The van der Waals surface area contributed by atoms with Crippen molar-refractivity contribution in [2.24, 2.45) is 11.7 Å². The molecule has 1 fully saturated rings. The molecule has 0 saturated heterocycles. The van der Waals surface area contributed by atoms with Gasteiger partial charge in [-0.1, -0.05) is 24.4 Å². The van der Waals surface area contributed by atoms with Crippen LogP contribution in [0.4, 0.5) is 4.39 Å². The number of benzene rings is 1. The Morgan fingerprint density at radius 1 is 1.35 bits per heavy atom. The second-order valence-electron chi connectivity index (χ2n) is 4.40. The first-order valence-corrected chi connectivity index (χ1v) is 5.91. The first kappa shape index (κ1) is 14.6. The van der Waals surface area contributed by atoms with Crippen LogP contribution in [-0.2, 0) is 0 Å². The number of aromatic hydroxyl groups is 1. The zero-order valence-corrected chi connectivity index (χ0v) is 10.9. The van der Waals surface area contributed by atoms with Crippen molar-refractivity contribution < 1.29 is 9.50 Å². The van der Waals surface area contributed by atoms with Crippen LogP contribution in [-0.4, -0.2) is 5.11 Å². The smallest absolute Gasteiger partial charge is 0.139 e. The molecule has 1 aromatic carbocycles. The van der Waals surface area contributed by atoms with Crippen LogP contribution in [0.5, 0.6) is 5.75 Å². The van der Waals surface area contributed by atoms with E-state index < -0.39 is 5.82 Å². The lowest BCUT2D eigenvalue weighted by atomic mass is 9.92. The average Bonchev–Trinajstić information content (AvgIpc) is 2.75. The van der Waals surface area contributed by atoms with Gasteiger partial charge >= 0.3 is 0 Å².